The van der Waals surface area contributed by atoms with Crippen LogP contribution < -0.4 is 0 Å². The molecule has 2 heterocycles. The Kier molecular flexibility index (Phi) is 2.13. The zero-order valence-electron chi connectivity index (χ0n) is 7.64. The molecule has 0 bridgehead atoms. The van der Waals surface area contributed by atoms with Crippen molar-refractivity contribution in [2.24, 2.45) is 0 Å². The molecule has 2 heteroatoms. The summed E-state index contributed by atoms with van der Waals surface area (Å²) in [5.41, 5.74) is 2.57. The largest absolute Gasteiger partial charge is 0.350 e. The third-order valence-electron chi connectivity index (χ3n) is 2.16. The molecule has 0 unspecified atom stereocenters. The number of hydrogen-bond acceptors (Lipinski definition) is 1. The van der Waals surface area contributed by atoms with Gasteiger partial charge < -0.3 is 4.57 Å². The molecule has 0 saturated heterocycles. The Morgan fingerprint density at radius 3 is 2.77 bits per heavy atom. The molecule has 0 N–H and O–H groups in total. The average molecular weight is 172 g/mol. The number of aromatic nitrogens is 2. The molecule has 2 aromatic rings. The lowest BCUT2D eigenvalue weighted by atomic mass is 10.1. The molecular formula is C11H12N2. The molecule has 2 aromatic heterocycles. The first kappa shape index (κ1) is 8.05. The van der Waals surface area contributed by atoms with Crippen molar-refractivity contribution in [3.8, 4) is 0 Å². The average Bonchev–Trinajstić information content (AvgIpc) is 2.61. The normalized spacial score (nSPS) is 10.2. The van der Waals surface area contributed by atoms with Gasteiger partial charge in [0.2, 0.25) is 0 Å². The first-order valence-corrected chi connectivity index (χ1v) is 4.36. The van der Waals surface area contributed by atoms with Gasteiger partial charge in [-0.25, -0.2) is 0 Å². The highest BCUT2D eigenvalue weighted by atomic mass is 14.9. The molecule has 66 valence electrons. The van der Waals surface area contributed by atoms with E-state index < -0.39 is 0 Å². The summed E-state index contributed by atoms with van der Waals surface area (Å²) in [6, 6.07) is 6.14. The van der Waals surface area contributed by atoms with E-state index in [-0.39, 0.29) is 0 Å². The number of rotatable bonds is 2. The molecule has 0 radical (unpaired) electrons. The van der Waals surface area contributed by atoms with Crippen LogP contribution in [0.2, 0.25) is 0 Å². The third-order valence-corrected chi connectivity index (χ3v) is 2.16. The van der Waals surface area contributed by atoms with Crippen LogP contribution in [0.1, 0.15) is 11.1 Å². The van der Waals surface area contributed by atoms with Gasteiger partial charge >= 0.3 is 0 Å². The fourth-order valence-corrected chi connectivity index (χ4v) is 1.35. The molecule has 0 amide bonds. The summed E-state index contributed by atoms with van der Waals surface area (Å²) in [5.74, 6) is 0. The van der Waals surface area contributed by atoms with E-state index in [1.165, 1.54) is 11.1 Å². The fraction of sp³-hybridized carbons (Fsp3) is 0.182. The third kappa shape index (κ3) is 1.78. The van der Waals surface area contributed by atoms with Gasteiger partial charge in [-0.1, -0.05) is 0 Å². The van der Waals surface area contributed by atoms with Gasteiger partial charge in [-0.3, -0.25) is 4.98 Å². The highest BCUT2D eigenvalue weighted by molar-refractivity contribution is 5.21. The van der Waals surface area contributed by atoms with Crippen LogP contribution in [-0.4, -0.2) is 9.55 Å². The maximum Gasteiger partial charge on any atom is 0.0473 e. The SMILES string of the molecule is Cc1cnccc1Cn1cccc1. The summed E-state index contributed by atoms with van der Waals surface area (Å²) in [4.78, 5) is 4.06. The number of hydrogen-bond donors (Lipinski definition) is 0. The molecule has 0 fully saturated rings. The van der Waals surface area contributed by atoms with Crippen LogP contribution in [0.4, 0.5) is 0 Å². The van der Waals surface area contributed by atoms with E-state index in [1.54, 1.807) is 0 Å². The molecule has 2 nitrogen and oxygen atoms in total. The van der Waals surface area contributed by atoms with Gasteiger partial charge in [0.25, 0.3) is 0 Å². The van der Waals surface area contributed by atoms with E-state index >= 15 is 0 Å². The number of aryl methyl sites for hydroxylation is 1. The Bertz CT molecular complexity index is 377. The highest BCUT2D eigenvalue weighted by Crippen LogP contribution is 2.07. The van der Waals surface area contributed by atoms with Crippen LogP contribution in [0.25, 0.3) is 0 Å². The molecule has 0 atom stereocenters. The van der Waals surface area contributed by atoms with Crippen LogP contribution in [0.3, 0.4) is 0 Å². The first-order chi connectivity index (χ1) is 6.36. The lowest BCUT2D eigenvalue weighted by Gasteiger charge is -2.05. The summed E-state index contributed by atoms with van der Waals surface area (Å²) in [5, 5.41) is 0. The van der Waals surface area contributed by atoms with Gasteiger partial charge in [-0.05, 0) is 36.2 Å². The van der Waals surface area contributed by atoms with E-state index in [0.29, 0.717) is 0 Å². The highest BCUT2D eigenvalue weighted by Gasteiger charge is 1.96. The molecule has 0 aromatic carbocycles. The molecule has 0 aliphatic rings. The molecule has 0 aliphatic heterocycles. The summed E-state index contributed by atoms with van der Waals surface area (Å²) in [6.45, 7) is 3.02. The summed E-state index contributed by atoms with van der Waals surface area (Å²) < 4.78 is 2.16. The fourth-order valence-electron chi connectivity index (χ4n) is 1.35. The summed E-state index contributed by atoms with van der Waals surface area (Å²) >= 11 is 0. The Morgan fingerprint density at radius 2 is 2.08 bits per heavy atom. The molecule has 0 spiro atoms. The molecule has 13 heavy (non-hydrogen) atoms. The maximum absolute atomic E-state index is 4.06. The van der Waals surface area contributed by atoms with Gasteiger partial charge in [0.15, 0.2) is 0 Å². The summed E-state index contributed by atoms with van der Waals surface area (Å²) in [6.07, 6.45) is 7.88. The van der Waals surface area contributed by atoms with Crippen molar-refractivity contribution in [2.75, 3.05) is 0 Å². The van der Waals surface area contributed by atoms with Crippen LogP contribution in [0, 0.1) is 6.92 Å². The zero-order valence-corrected chi connectivity index (χ0v) is 7.64. The monoisotopic (exact) mass is 172 g/mol. The van der Waals surface area contributed by atoms with Crippen molar-refractivity contribution < 1.29 is 0 Å². The number of nitrogens with zero attached hydrogens (tertiary/aromatic N) is 2. The van der Waals surface area contributed by atoms with Crippen molar-refractivity contribution >= 4 is 0 Å². The van der Waals surface area contributed by atoms with E-state index in [1.807, 2.05) is 24.5 Å². The Balaban J connectivity index is 2.24. The van der Waals surface area contributed by atoms with Gasteiger partial charge in [0.05, 0.1) is 0 Å². The topological polar surface area (TPSA) is 17.8 Å². The van der Waals surface area contributed by atoms with Crippen molar-refractivity contribution in [3.63, 3.8) is 0 Å². The van der Waals surface area contributed by atoms with Gasteiger partial charge in [-0.2, -0.15) is 0 Å². The molecule has 2 rings (SSSR count). The molecule has 0 aliphatic carbocycles. The Labute approximate surface area is 77.9 Å². The van der Waals surface area contributed by atoms with E-state index in [4.69, 9.17) is 0 Å². The quantitative estimate of drug-likeness (QED) is 0.679. The molecule has 0 saturated carbocycles. The molecular weight excluding hydrogens is 160 g/mol. The summed E-state index contributed by atoms with van der Waals surface area (Å²) in [7, 11) is 0. The lowest BCUT2D eigenvalue weighted by molar-refractivity contribution is 0.798. The first-order valence-electron chi connectivity index (χ1n) is 4.36. The van der Waals surface area contributed by atoms with Gasteiger partial charge in [0, 0.05) is 31.3 Å². The minimum absolute atomic E-state index is 0.932. The van der Waals surface area contributed by atoms with Crippen LogP contribution in [-0.2, 0) is 6.54 Å². The minimum atomic E-state index is 0.932. The Hall–Kier alpha value is -1.57. The minimum Gasteiger partial charge on any atom is -0.350 e. The second kappa shape index (κ2) is 3.44. The maximum atomic E-state index is 4.06. The van der Waals surface area contributed by atoms with Crippen LogP contribution >= 0.6 is 0 Å². The smallest absolute Gasteiger partial charge is 0.0473 e. The predicted molar refractivity (Wildman–Crippen MR) is 52.5 cm³/mol. The van der Waals surface area contributed by atoms with Gasteiger partial charge in [-0.15, -0.1) is 0 Å². The number of pyridine rings is 1. The van der Waals surface area contributed by atoms with Crippen molar-refractivity contribution in [2.45, 2.75) is 13.5 Å². The Morgan fingerprint density at radius 1 is 1.31 bits per heavy atom. The van der Waals surface area contributed by atoms with E-state index in [9.17, 15) is 0 Å². The second-order valence-corrected chi connectivity index (χ2v) is 3.16. The lowest BCUT2D eigenvalue weighted by Crippen LogP contribution is -1.98. The van der Waals surface area contributed by atoms with Crippen LogP contribution in [0.15, 0.2) is 43.0 Å². The van der Waals surface area contributed by atoms with Gasteiger partial charge in [0.1, 0.15) is 0 Å². The zero-order chi connectivity index (χ0) is 9.10. The second-order valence-electron chi connectivity index (χ2n) is 3.16. The van der Waals surface area contributed by atoms with Crippen LogP contribution in [0.5, 0.6) is 0 Å². The van der Waals surface area contributed by atoms with Crippen molar-refractivity contribution in [1.29, 1.82) is 0 Å². The predicted octanol–water partition coefficient (Wildman–Crippen LogP) is 2.24. The van der Waals surface area contributed by atoms with Crippen molar-refractivity contribution in [1.82, 2.24) is 9.55 Å². The standard InChI is InChI=1S/C11H12N2/c1-10-8-12-5-4-11(10)9-13-6-2-3-7-13/h2-8H,9H2,1H3. The van der Waals surface area contributed by atoms with Crippen molar-refractivity contribution in [3.05, 3.63) is 54.1 Å². The van der Waals surface area contributed by atoms with E-state index in [0.717, 1.165) is 6.54 Å². The van der Waals surface area contributed by atoms with E-state index in [2.05, 4.69) is 34.9 Å².